The molecule has 2 aromatic rings. The van der Waals surface area contributed by atoms with Crippen molar-refractivity contribution in [1.29, 1.82) is 5.26 Å². The summed E-state index contributed by atoms with van der Waals surface area (Å²) in [5.74, 6) is -1.52. The molecule has 0 saturated carbocycles. The lowest BCUT2D eigenvalue weighted by molar-refractivity contribution is 0.380. The molecule has 0 radical (unpaired) electrons. The minimum Gasteiger partial charge on any atom is -0.351 e. The average molecular weight is 421 g/mol. The van der Waals surface area contributed by atoms with Crippen LogP contribution in [0.25, 0.3) is 0 Å². The first-order valence-corrected chi connectivity index (χ1v) is 10.8. The number of nitriles is 1. The zero-order valence-corrected chi connectivity index (χ0v) is 17.0. The molecule has 3 rings (SSSR count). The van der Waals surface area contributed by atoms with E-state index in [0.717, 1.165) is 27.7 Å². The quantitative estimate of drug-likeness (QED) is 0.736. The van der Waals surface area contributed by atoms with Gasteiger partial charge in [0.15, 0.2) is 5.82 Å². The third kappa shape index (κ3) is 3.93. The number of anilines is 1. The van der Waals surface area contributed by atoms with Gasteiger partial charge in [0.05, 0.1) is 5.69 Å². The van der Waals surface area contributed by atoms with Crippen LogP contribution in [0, 0.1) is 23.0 Å². The van der Waals surface area contributed by atoms with Crippen LogP contribution in [0.15, 0.2) is 23.1 Å². The van der Waals surface area contributed by atoms with Crippen LogP contribution < -0.4 is 4.90 Å². The normalized spacial score (nSPS) is 15.3. The summed E-state index contributed by atoms with van der Waals surface area (Å²) in [4.78, 5) is 1.27. The topological polar surface area (TPSA) is 90.2 Å². The number of aryl methyl sites for hydroxylation is 1. The number of hydrogen-bond donors (Lipinski definition) is 0. The molecular weight excluding hydrogens is 400 g/mol. The number of hydrogen-bond acceptors (Lipinski definition) is 6. The molecular formula is C19H21F2N5O2S. The van der Waals surface area contributed by atoms with Crippen molar-refractivity contribution in [2.24, 2.45) is 0 Å². The highest BCUT2D eigenvalue weighted by Crippen LogP contribution is 2.26. The van der Waals surface area contributed by atoms with Gasteiger partial charge in [-0.3, -0.25) is 0 Å². The van der Waals surface area contributed by atoms with Crippen LogP contribution in [-0.2, 0) is 22.9 Å². The summed E-state index contributed by atoms with van der Waals surface area (Å²) >= 11 is 0. The second-order valence-electron chi connectivity index (χ2n) is 6.61. The number of nitrogens with zero attached hydrogens (tertiary/aromatic N) is 5. The van der Waals surface area contributed by atoms with Crippen LogP contribution in [0.5, 0.6) is 0 Å². The molecule has 29 heavy (non-hydrogen) atoms. The Balaban J connectivity index is 1.83. The minimum atomic E-state index is -4.09. The van der Waals surface area contributed by atoms with Gasteiger partial charge < -0.3 is 4.90 Å². The molecule has 0 amide bonds. The average Bonchev–Trinajstić information content (AvgIpc) is 2.72. The van der Waals surface area contributed by atoms with E-state index in [4.69, 9.17) is 0 Å². The van der Waals surface area contributed by atoms with Gasteiger partial charge in [-0.2, -0.15) is 14.7 Å². The van der Waals surface area contributed by atoms with Gasteiger partial charge in [-0.15, -0.1) is 5.10 Å². The van der Waals surface area contributed by atoms with Crippen LogP contribution in [0.1, 0.15) is 30.7 Å². The monoisotopic (exact) mass is 421 g/mol. The standard InChI is InChI=1S/C19H21F2N5O2S/c1-3-14-15(12-22)19(24-23-17(14)4-2)25-7-9-26(10-8-25)29(27,28)18-6-5-13(20)11-16(18)21/h5-6,11H,3-4,7-10H2,1-2H3. The molecule has 1 fully saturated rings. The van der Waals surface area contributed by atoms with Gasteiger partial charge in [0.25, 0.3) is 0 Å². The molecule has 10 heteroatoms. The van der Waals surface area contributed by atoms with Crippen LogP contribution in [0.4, 0.5) is 14.6 Å². The minimum absolute atomic E-state index is 0.0860. The molecule has 1 aliphatic heterocycles. The lowest BCUT2D eigenvalue weighted by Crippen LogP contribution is -2.49. The van der Waals surface area contributed by atoms with E-state index in [0.29, 0.717) is 30.3 Å². The van der Waals surface area contributed by atoms with E-state index in [1.54, 1.807) is 0 Å². The Morgan fingerprint density at radius 3 is 2.34 bits per heavy atom. The maximum Gasteiger partial charge on any atom is 0.246 e. The van der Waals surface area contributed by atoms with Crippen molar-refractivity contribution in [3.63, 3.8) is 0 Å². The van der Waals surface area contributed by atoms with Gasteiger partial charge in [0.1, 0.15) is 28.2 Å². The van der Waals surface area contributed by atoms with E-state index in [-0.39, 0.29) is 26.2 Å². The molecule has 0 spiro atoms. The summed E-state index contributed by atoms with van der Waals surface area (Å²) < 4.78 is 53.7. The van der Waals surface area contributed by atoms with Crippen molar-refractivity contribution < 1.29 is 17.2 Å². The number of benzene rings is 1. The number of rotatable bonds is 5. The molecule has 0 aliphatic carbocycles. The van der Waals surface area contributed by atoms with E-state index < -0.39 is 26.6 Å². The van der Waals surface area contributed by atoms with Crippen molar-refractivity contribution in [2.75, 3.05) is 31.1 Å². The van der Waals surface area contributed by atoms with Crippen molar-refractivity contribution in [3.05, 3.63) is 46.7 Å². The summed E-state index contributed by atoms with van der Waals surface area (Å²) in [6.07, 6.45) is 1.31. The second kappa shape index (κ2) is 8.39. The number of halogens is 2. The van der Waals surface area contributed by atoms with Crippen molar-refractivity contribution in [2.45, 2.75) is 31.6 Å². The van der Waals surface area contributed by atoms with E-state index in [9.17, 15) is 22.5 Å². The lowest BCUT2D eigenvalue weighted by atomic mass is 10.0. The third-order valence-electron chi connectivity index (χ3n) is 4.99. The van der Waals surface area contributed by atoms with Gasteiger partial charge in [-0.25, -0.2) is 17.2 Å². The first-order chi connectivity index (χ1) is 13.8. The summed E-state index contributed by atoms with van der Waals surface area (Å²) in [5.41, 5.74) is 2.09. The fourth-order valence-corrected chi connectivity index (χ4v) is 4.93. The maximum atomic E-state index is 14.0. The summed E-state index contributed by atoms with van der Waals surface area (Å²) in [7, 11) is -4.09. The van der Waals surface area contributed by atoms with Crippen molar-refractivity contribution >= 4 is 15.8 Å². The fraction of sp³-hybridized carbons (Fsp3) is 0.421. The first kappa shape index (κ1) is 21.1. The van der Waals surface area contributed by atoms with E-state index in [1.165, 1.54) is 0 Å². The molecule has 1 aromatic heterocycles. The highest BCUT2D eigenvalue weighted by molar-refractivity contribution is 7.89. The van der Waals surface area contributed by atoms with Crippen molar-refractivity contribution in [1.82, 2.24) is 14.5 Å². The molecule has 0 bridgehead atoms. The van der Waals surface area contributed by atoms with Crippen LogP contribution >= 0.6 is 0 Å². The summed E-state index contributed by atoms with van der Waals surface area (Å²) in [6, 6.07) is 4.61. The molecule has 1 saturated heterocycles. The predicted octanol–water partition coefficient (Wildman–Crippen LogP) is 2.26. The molecule has 0 atom stereocenters. The van der Waals surface area contributed by atoms with Crippen LogP contribution in [0.3, 0.4) is 0 Å². The highest BCUT2D eigenvalue weighted by Gasteiger charge is 2.32. The van der Waals surface area contributed by atoms with Gasteiger partial charge in [0.2, 0.25) is 10.0 Å². The number of piperazine rings is 1. The zero-order chi connectivity index (χ0) is 21.2. The van der Waals surface area contributed by atoms with Crippen LogP contribution in [0.2, 0.25) is 0 Å². The Hall–Kier alpha value is -2.64. The van der Waals surface area contributed by atoms with Gasteiger partial charge in [-0.05, 0) is 30.5 Å². The third-order valence-corrected chi connectivity index (χ3v) is 6.92. The van der Waals surface area contributed by atoms with Crippen molar-refractivity contribution in [3.8, 4) is 6.07 Å². The molecule has 0 N–H and O–H groups in total. The van der Waals surface area contributed by atoms with Gasteiger partial charge in [0, 0.05) is 32.2 Å². The molecule has 1 aromatic carbocycles. The zero-order valence-electron chi connectivity index (χ0n) is 16.2. The lowest BCUT2D eigenvalue weighted by Gasteiger charge is -2.35. The largest absolute Gasteiger partial charge is 0.351 e. The Kier molecular flexibility index (Phi) is 6.10. The molecule has 1 aliphatic rings. The molecule has 2 heterocycles. The SMILES string of the molecule is CCc1nnc(N2CCN(S(=O)(=O)c3ccc(F)cc3F)CC2)c(C#N)c1CC. The Bertz CT molecular complexity index is 1060. The molecule has 154 valence electrons. The number of aromatic nitrogens is 2. The molecule has 7 nitrogen and oxygen atoms in total. The first-order valence-electron chi connectivity index (χ1n) is 9.32. The van der Waals surface area contributed by atoms with Crippen LogP contribution in [-0.4, -0.2) is 49.1 Å². The summed E-state index contributed by atoms with van der Waals surface area (Å²) in [6.45, 7) is 4.62. The van der Waals surface area contributed by atoms with Gasteiger partial charge in [-0.1, -0.05) is 13.8 Å². The smallest absolute Gasteiger partial charge is 0.246 e. The summed E-state index contributed by atoms with van der Waals surface area (Å²) in [5, 5.41) is 18.1. The maximum absolute atomic E-state index is 14.0. The predicted molar refractivity (Wildman–Crippen MR) is 103 cm³/mol. The fourth-order valence-electron chi connectivity index (χ4n) is 3.46. The Labute approximate surface area is 168 Å². The van der Waals surface area contributed by atoms with E-state index in [1.807, 2.05) is 18.7 Å². The highest BCUT2D eigenvalue weighted by atomic mass is 32.2. The van der Waals surface area contributed by atoms with E-state index >= 15 is 0 Å². The van der Waals surface area contributed by atoms with Gasteiger partial charge >= 0.3 is 0 Å². The van der Waals surface area contributed by atoms with E-state index in [2.05, 4.69) is 16.3 Å². The number of sulfonamides is 1. The Morgan fingerprint density at radius 2 is 1.79 bits per heavy atom. The molecule has 0 unspecified atom stereocenters. The second-order valence-corrected chi connectivity index (χ2v) is 8.51. The Morgan fingerprint density at radius 1 is 1.10 bits per heavy atom.